The number of rotatable bonds is 5. The van der Waals surface area contributed by atoms with E-state index in [1.54, 1.807) is 19.2 Å². The smallest absolute Gasteiger partial charge is 0.123 e. The van der Waals surface area contributed by atoms with Gasteiger partial charge in [-0.05, 0) is 30.7 Å². The van der Waals surface area contributed by atoms with E-state index in [4.69, 9.17) is 4.74 Å². The van der Waals surface area contributed by atoms with Gasteiger partial charge in [0.2, 0.25) is 0 Å². The van der Waals surface area contributed by atoms with Crippen LogP contribution in [0.25, 0.3) is 0 Å². The average molecular weight is 278 g/mol. The fourth-order valence-corrected chi connectivity index (χ4v) is 3.56. The lowest BCUT2D eigenvalue weighted by molar-refractivity contribution is 0.000735. The molecule has 2 heterocycles. The molecule has 4 heteroatoms. The first kappa shape index (κ1) is 14.0. The molecule has 0 aromatic heterocycles. The predicted octanol–water partition coefficient (Wildman–Crippen LogP) is 1.98. The summed E-state index contributed by atoms with van der Waals surface area (Å²) in [6.45, 7) is 7.58. The predicted molar refractivity (Wildman–Crippen MR) is 77.0 cm³/mol. The zero-order chi connectivity index (χ0) is 14.0. The van der Waals surface area contributed by atoms with Crippen molar-refractivity contribution in [3.8, 4) is 0 Å². The zero-order valence-electron chi connectivity index (χ0n) is 12.1. The summed E-state index contributed by atoms with van der Waals surface area (Å²) < 4.78 is 18.0. The van der Waals surface area contributed by atoms with E-state index in [0.717, 1.165) is 19.7 Å². The Kier molecular flexibility index (Phi) is 4.06. The van der Waals surface area contributed by atoms with Gasteiger partial charge in [0, 0.05) is 45.2 Å². The van der Waals surface area contributed by atoms with Crippen molar-refractivity contribution in [1.82, 2.24) is 9.80 Å². The second kappa shape index (κ2) is 5.80. The molecule has 3 nitrogen and oxygen atoms in total. The molecule has 3 rings (SSSR count). The van der Waals surface area contributed by atoms with Gasteiger partial charge in [0.15, 0.2) is 0 Å². The topological polar surface area (TPSA) is 15.7 Å². The van der Waals surface area contributed by atoms with Gasteiger partial charge in [-0.3, -0.25) is 4.90 Å². The SMILES string of the molecule is COCCN1CCC2(C1)CN(Cc1ccc(F)cc1)C2. The summed E-state index contributed by atoms with van der Waals surface area (Å²) in [6, 6.07) is 6.87. The molecule has 0 aliphatic carbocycles. The van der Waals surface area contributed by atoms with E-state index >= 15 is 0 Å². The van der Waals surface area contributed by atoms with Gasteiger partial charge in [-0.25, -0.2) is 4.39 Å². The molecule has 1 spiro atoms. The van der Waals surface area contributed by atoms with Crippen molar-refractivity contribution in [3.63, 3.8) is 0 Å². The monoisotopic (exact) mass is 278 g/mol. The van der Waals surface area contributed by atoms with Gasteiger partial charge in [0.1, 0.15) is 5.82 Å². The summed E-state index contributed by atoms with van der Waals surface area (Å²) >= 11 is 0. The Hall–Kier alpha value is -0.970. The highest BCUT2D eigenvalue weighted by Crippen LogP contribution is 2.39. The van der Waals surface area contributed by atoms with Crippen LogP contribution in [0.5, 0.6) is 0 Å². The van der Waals surface area contributed by atoms with Crippen LogP contribution >= 0.6 is 0 Å². The third-order valence-corrected chi connectivity index (χ3v) is 4.57. The molecule has 0 bridgehead atoms. The third-order valence-electron chi connectivity index (χ3n) is 4.57. The van der Waals surface area contributed by atoms with Crippen LogP contribution in [0.1, 0.15) is 12.0 Å². The van der Waals surface area contributed by atoms with E-state index < -0.39 is 0 Å². The molecule has 20 heavy (non-hydrogen) atoms. The number of methoxy groups -OCH3 is 1. The Morgan fingerprint density at radius 3 is 2.55 bits per heavy atom. The second-order valence-corrected chi connectivity index (χ2v) is 6.29. The summed E-state index contributed by atoms with van der Waals surface area (Å²) in [5, 5.41) is 0. The number of likely N-dealkylation sites (tertiary alicyclic amines) is 2. The minimum atomic E-state index is -0.154. The Morgan fingerprint density at radius 1 is 1.15 bits per heavy atom. The standard InChI is InChI=1S/C16H23FN2O/c1-20-9-8-18-7-6-16(11-18)12-19(13-16)10-14-2-4-15(17)5-3-14/h2-5H,6-13H2,1H3. The molecule has 2 aliphatic rings. The van der Waals surface area contributed by atoms with Gasteiger partial charge in [-0.15, -0.1) is 0 Å². The molecule has 2 saturated heterocycles. The van der Waals surface area contributed by atoms with Crippen LogP contribution in [-0.4, -0.2) is 56.2 Å². The third kappa shape index (κ3) is 3.03. The van der Waals surface area contributed by atoms with Crippen LogP contribution in [0.4, 0.5) is 4.39 Å². The van der Waals surface area contributed by atoms with Crippen molar-refractivity contribution in [2.75, 3.05) is 46.4 Å². The van der Waals surface area contributed by atoms with Gasteiger partial charge < -0.3 is 9.64 Å². The Morgan fingerprint density at radius 2 is 1.85 bits per heavy atom. The molecule has 110 valence electrons. The highest BCUT2D eigenvalue weighted by atomic mass is 19.1. The Labute approximate surface area is 120 Å². The van der Waals surface area contributed by atoms with Gasteiger partial charge in [-0.1, -0.05) is 12.1 Å². The number of hydrogen-bond donors (Lipinski definition) is 0. The molecule has 1 aromatic rings. The highest BCUT2D eigenvalue weighted by Gasteiger charge is 2.46. The molecule has 2 aliphatic heterocycles. The van der Waals surface area contributed by atoms with Gasteiger partial charge >= 0.3 is 0 Å². The maximum atomic E-state index is 12.9. The van der Waals surface area contributed by atoms with Crippen LogP contribution in [0.2, 0.25) is 0 Å². The van der Waals surface area contributed by atoms with Crippen molar-refractivity contribution in [3.05, 3.63) is 35.6 Å². The van der Waals surface area contributed by atoms with Crippen molar-refractivity contribution in [1.29, 1.82) is 0 Å². The number of benzene rings is 1. The van der Waals surface area contributed by atoms with Crippen LogP contribution in [0, 0.1) is 11.2 Å². The van der Waals surface area contributed by atoms with Crippen molar-refractivity contribution < 1.29 is 9.13 Å². The fraction of sp³-hybridized carbons (Fsp3) is 0.625. The van der Waals surface area contributed by atoms with E-state index in [2.05, 4.69) is 9.80 Å². The quantitative estimate of drug-likeness (QED) is 0.819. The molecule has 0 radical (unpaired) electrons. The van der Waals surface area contributed by atoms with Crippen molar-refractivity contribution in [2.24, 2.45) is 5.41 Å². The van der Waals surface area contributed by atoms with Crippen LogP contribution in [0.15, 0.2) is 24.3 Å². The molecule has 0 amide bonds. The van der Waals surface area contributed by atoms with E-state index in [1.807, 2.05) is 12.1 Å². The number of ether oxygens (including phenoxy) is 1. The summed E-state index contributed by atoms with van der Waals surface area (Å²) in [7, 11) is 1.76. The van der Waals surface area contributed by atoms with Gasteiger partial charge in [0.05, 0.1) is 6.61 Å². The molecule has 0 unspecified atom stereocenters. The first-order valence-electron chi connectivity index (χ1n) is 7.37. The maximum Gasteiger partial charge on any atom is 0.123 e. The van der Waals surface area contributed by atoms with E-state index in [-0.39, 0.29) is 5.82 Å². The summed E-state index contributed by atoms with van der Waals surface area (Å²) in [4.78, 5) is 4.98. The molecule has 0 saturated carbocycles. The van der Waals surface area contributed by atoms with Gasteiger partial charge in [0.25, 0.3) is 0 Å². The summed E-state index contributed by atoms with van der Waals surface area (Å²) in [5.41, 5.74) is 1.71. The van der Waals surface area contributed by atoms with Crippen molar-refractivity contribution in [2.45, 2.75) is 13.0 Å². The fourth-order valence-electron chi connectivity index (χ4n) is 3.56. The van der Waals surface area contributed by atoms with E-state index in [1.165, 1.54) is 38.2 Å². The van der Waals surface area contributed by atoms with Crippen LogP contribution in [0.3, 0.4) is 0 Å². The first-order valence-corrected chi connectivity index (χ1v) is 7.37. The van der Waals surface area contributed by atoms with Crippen LogP contribution < -0.4 is 0 Å². The van der Waals surface area contributed by atoms with Crippen molar-refractivity contribution >= 4 is 0 Å². The molecule has 0 atom stereocenters. The summed E-state index contributed by atoms with van der Waals surface area (Å²) in [6.07, 6.45) is 1.30. The molecule has 2 fully saturated rings. The molecular formula is C16H23FN2O. The van der Waals surface area contributed by atoms with E-state index in [0.29, 0.717) is 5.41 Å². The Balaban J connectivity index is 1.45. The molecule has 0 N–H and O–H groups in total. The summed E-state index contributed by atoms with van der Waals surface area (Å²) in [5.74, 6) is -0.154. The normalized spacial score (nSPS) is 22.3. The lowest BCUT2D eigenvalue weighted by atomic mass is 9.79. The highest BCUT2D eigenvalue weighted by molar-refractivity contribution is 5.17. The minimum absolute atomic E-state index is 0.154. The lowest BCUT2D eigenvalue weighted by Crippen LogP contribution is -2.56. The maximum absolute atomic E-state index is 12.9. The number of halogens is 1. The van der Waals surface area contributed by atoms with Crippen LogP contribution in [-0.2, 0) is 11.3 Å². The molecular weight excluding hydrogens is 255 g/mol. The second-order valence-electron chi connectivity index (χ2n) is 6.29. The first-order chi connectivity index (χ1) is 9.69. The average Bonchev–Trinajstić information content (AvgIpc) is 2.83. The number of hydrogen-bond acceptors (Lipinski definition) is 3. The zero-order valence-corrected chi connectivity index (χ0v) is 12.1. The van der Waals surface area contributed by atoms with Gasteiger partial charge in [-0.2, -0.15) is 0 Å². The molecule has 1 aromatic carbocycles. The minimum Gasteiger partial charge on any atom is -0.383 e. The Bertz CT molecular complexity index is 442. The largest absolute Gasteiger partial charge is 0.383 e. The number of nitrogens with zero attached hydrogens (tertiary/aromatic N) is 2. The van der Waals surface area contributed by atoms with E-state index in [9.17, 15) is 4.39 Å². The lowest BCUT2D eigenvalue weighted by Gasteiger charge is -2.48.